The number of aromatic nitrogens is 1. The van der Waals surface area contributed by atoms with E-state index in [4.69, 9.17) is 5.21 Å². The average Bonchev–Trinajstić information content (AvgIpc) is 2.74. The normalized spacial score (nSPS) is 14.3. The van der Waals surface area contributed by atoms with Crippen LogP contribution in [0.3, 0.4) is 0 Å². The first-order valence-electron chi connectivity index (χ1n) is 6.18. The number of amides is 1. The lowest BCUT2D eigenvalue weighted by Crippen LogP contribution is -2.23. The minimum Gasteiger partial charge on any atom is -0.411 e. The number of oxime groups is 1. The number of anilines is 1. The second-order valence-corrected chi connectivity index (χ2v) is 6.60. The summed E-state index contributed by atoms with van der Waals surface area (Å²) >= 11 is 1.32. The molecule has 1 aromatic rings. The summed E-state index contributed by atoms with van der Waals surface area (Å²) in [5.74, 6) is 0.245. The summed E-state index contributed by atoms with van der Waals surface area (Å²) in [6, 6.07) is 0. The van der Waals surface area contributed by atoms with Gasteiger partial charge in [0.25, 0.3) is 0 Å². The minimum atomic E-state index is -0.0399. The fraction of sp³-hybridized carbons (Fsp3) is 0.615. The van der Waals surface area contributed by atoms with Crippen LogP contribution in [0.15, 0.2) is 10.5 Å². The monoisotopic (exact) mass is 283 g/mol. The smallest absolute Gasteiger partial charge is 0.226 e. The predicted octanol–water partition coefficient (Wildman–Crippen LogP) is 3.35. The van der Waals surface area contributed by atoms with Gasteiger partial charge in [-0.05, 0) is 18.3 Å². The maximum absolute atomic E-state index is 11.9. The highest BCUT2D eigenvalue weighted by atomic mass is 32.1. The van der Waals surface area contributed by atoms with Crippen molar-refractivity contribution in [2.75, 3.05) is 5.32 Å². The van der Waals surface area contributed by atoms with Crippen molar-refractivity contribution in [2.24, 2.45) is 16.5 Å². The van der Waals surface area contributed by atoms with Crippen LogP contribution in [0.4, 0.5) is 5.13 Å². The van der Waals surface area contributed by atoms with Crippen molar-refractivity contribution in [1.82, 2.24) is 4.98 Å². The lowest BCUT2D eigenvalue weighted by molar-refractivity contribution is -0.117. The van der Waals surface area contributed by atoms with Crippen LogP contribution >= 0.6 is 11.3 Å². The predicted molar refractivity (Wildman–Crippen MR) is 78.0 cm³/mol. The molecule has 0 saturated carbocycles. The highest BCUT2D eigenvalue weighted by Crippen LogP contribution is 2.28. The number of nitrogens with zero attached hydrogens (tertiary/aromatic N) is 2. The topological polar surface area (TPSA) is 74.6 Å². The molecule has 0 fully saturated rings. The summed E-state index contributed by atoms with van der Waals surface area (Å²) in [6.45, 7) is 10.1. The molecular weight excluding hydrogens is 262 g/mol. The molecule has 6 heteroatoms. The van der Waals surface area contributed by atoms with Gasteiger partial charge in [0.1, 0.15) is 11.4 Å². The zero-order valence-electron chi connectivity index (χ0n) is 12.0. The van der Waals surface area contributed by atoms with E-state index in [1.807, 2.05) is 0 Å². The number of hydrogen-bond acceptors (Lipinski definition) is 5. The van der Waals surface area contributed by atoms with Crippen LogP contribution < -0.4 is 5.32 Å². The molecule has 0 aliphatic carbocycles. The molecule has 0 radical (unpaired) electrons. The van der Waals surface area contributed by atoms with Gasteiger partial charge in [-0.2, -0.15) is 0 Å². The quantitative estimate of drug-likeness (QED) is 0.505. The first-order chi connectivity index (χ1) is 8.74. The molecule has 0 aliphatic rings. The molecule has 0 aromatic carbocycles. The number of rotatable bonds is 4. The molecular formula is C13H21N3O2S. The SMILES string of the molecule is CC(=NO)c1csc(NC(=O)CC(C)C(C)(C)C)n1. The molecule has 1 unspecified atom stereocenters. The third-order valence-corrected chi connectivity index (χ3v) is 4.00. The number of carbonyl (C=O) groups excluding carboxylic acids is 1. The Labute approximate surface area is 117 Å². The van der Waals surface area contributed by atoms with Gasteiger partial charge in [-0.1, -0.05) is 32.9 Å². The van der Waals surface area contributed by atoms with Crippen LogP contribution in [0.5, 0.6) is 0 Å². The molecule has 106 valence electrons. The Kier molecular flexibility index (Phi) is 5.05. The van der Waals surface area contributed by atoms with E-state index in [9.17, 15) is 4.79 Å². The van der Waals surface area contributed by atoms with Crippen LogP contribution in [-0.2, 0) is 4.79 Å². The van der Waals surface area contributed by atoms with Crippen molar-refractivity contribution in [1.29, 1.82) is 0 Å². The Morgan fingerprint density at radius 3 is 2.74 bits per heavy atom. The fourth-order valence-electron chi connectivity index (χ4n) is 1.30. The molecule has 0 saturated heterocycles. The Morgan fingerprint density at radius 1 is 1.58 bits per heavy atom. The Bertz CT molecular complexity index is 474. The van der Waals surface area contributed by atoms with E-state index in [0.29, 0.717) is 23.0 Å². The van der Waals surface area contributed by atoms with E-state index in [0.717, 1.165) is 0 Å². The summed E-state index contributed by atoms with van der Waals surface area (Å²) in [6.07, 6.45) is 0.464. The van der Waals surface area contributed by atoms with E-state index in [-0.39, 0.29) is 17.2 Å². The second-order valence-electron chi connectivity index (χ2n) is 5.74. The van der Waals surface area contributed by atoms with Crippen LogP contribution in [0.1, 0.15) is 46.7 Å². The van der Waals surface area contributed by atoms with Crippen molar-refractivity contribution in [3.63, 3.8) is 0 Å². The highest BCUT2D eigenvalue weighted by molar-refractivity contribution is 7.14. The van der Waals surface area contributed by atoms with Gasteiger partial charge < -0.3 is 10.5 Å². The summed E-state index contributed by atoms with van der Waals surface area (Å²) in [4.78, 5) is 16.1. The van der Waals surface area contributed by atoms with Crippen LogP contribution in [-0.4, -0.2) is 21.8 Å². The molecule has 19 heavy (non-hydrogen) atoms. The Morgan fingerprint density at radius 2 is 2.21 bits per heavy atom. The number of carbonyl (C=O) groups is 1. The molecule has 1 aromatic heterocycles. The lowest BCUT2D eigenvalue weighted by atomic mass is 9.80. The van der Waals surface area contributed by atoms with E-state index < -0.39 is 0 Å². The van der Waals surface area contributed by atoms with Gasteiger partial charge in [0.15, 0.2) is 5.13 Å². The number of hydrogen-bond donors (Lipinski definition) is 2. The first-order valence-corrected chi connectivity index (χ1v) is 7.06. The van der Waals surface area contributed by atoms with Crippen molar-refractivity contribution < 1.29 is 10.0 Å². The summed E-state index contributed by atoms with van der Waals surface area (Å²) in [7, 11) is 0. The Balaban J connectivity index is 2.61. The molecule has 1 heterocycles. The van der Waals surface area contributed by atoms with E-state index in [1.54, 1.807) is 12.3 Å². The largest absolute Gasteiger partial charge is 0.411 e. The molecule has 0 spiro atoms. The van der Waals surface area contributed by atoms with Crippen molar-refractivity contribution >= 4 is 28.1 Å². The van der Waals surface area contributed by atoms with Gasteiger partial charge in [0.2, 0.25) is 5.91 Å². The van der Waals surface area contributed by atoms with Crippen molar-refractivity contribution in [3.8, 4) is 0 Å². The van der Waals surface area contributed by atoms with Crippen molar-refractivity contribution in [3.05, 3.63) is 11.1 Å². The first kappa shape index (κ1) is 15.6. The Hall–Kier alpha value is -1.43. The number of nitrogens with one attached hydrogen (secondary N) is 1. The average molecular weight is 283 g/mol. The fourth-order valence-corrected chi connectivity index (χ4v) is 2.07. The van der Waals surface area contributed by atoms with Gasteiger partial charge in [-0.3, -0.25) is 4.79 Å². The highest BCUT2D eigenvalue weighted by Gasteiger charge is 2.22. The van der Waals surface area contributed by atoms with E-state index in [2.05, 4.69) is 43.2 Å². The van der Waals surface area contributed by atoms with Gasteiger partial charge in [0, 0.05) is 11.8 Å². The maximum atomic E-state index is 11.9. The molecule has 1 amide bonds. The van der Waals surface area contributed by atoms with E-state index in [1.165, 1.54) is 11.3 Å². The third kappa shape index (κ3) is 4.63. The maximum Gasteiger partial charge on any atom is 0.226 e. The molecule has 1 rings (SSSR count). The van der Waals surface area contributed by atoms with Crippen LogP contribution in [0.25, 0.3) is 0 Å². The second kappa shape index (κ2) is 6.14. The van der Waals surface area contributed by atoms with Gasteiger partial charge in [-0.15, -0.1) is 11.3 Å². The molecule has 5 nitrogen and oxygen atoms in total. The van der Waals surface area contributed by atoms with Gasteiger partial charge in [-0.25, -0.2) is 4.98 Å². The zero-order valence-corrected chi connectivity index (χ0v) is 12.8. The molecule has 0 aliphatic heterocycles. The third-order valence-electron chi connectivity index (χ3n) is 3.24. The van der Waals surface area contributed by atoms with E-state index >= 15 is 0 Å². The summed E-state index contributed by atoms with van der Waals surface area (Å²) in [5.41, 5.74) is 1.11. The summed E-state index contributed by atoms with van der Waals surface area (Å²) in [5, 5.41) is 16.8. The standard InChI is InChI=1S/C13H21N3O2S/c1-8(13(3,4)5)6-11(17)15-12-14-10(7-19-12)9(2)16-18/h7-8,18H,6H2,1-5H3,(H,14,15,17). The molecule has 1 atom stereocenters. The van der Waals surface area contributed by atoms with Crippen LogP contribution in [0.2, 0.25) is 0 Å². The van der Waals surface area contributed by atoms with Crippen LogP contribution in [0, 0.1) is 11.3 Å². The minimum absolute atomic E-state index is 0.0399. The zero-order chi connectivity index (χ0) is 14.6. The molecule has 2 N–H and O–H groups in total. The number of thiazole rings is 1. The summed E-state index contributed by atoms with van der Waals surface area (Å²) < 4.78 is 0. The van der Waals surface area contributed by atoms with Crippen molar-refractivity contribution in [2.45, 2.75) is 41.0 Å². The molecule has 0 bridgehead atoms. The van der Waals surface area contributed by atoms with Gasteiger partial charge in [0.05, 0.1) is 0 Å². The van der Waals surface area contributed by atoms with Gasteiger partial charge >= 0.3 is 0 Å². The lowest BCUT2D eigenvalue weighted by Gasteiger charge is -2.26.